The Hall–Kier alpha value is -0.630. The summed E-state index contributed by atoms with van der Waals surface area (Å²) in [6.45, 7) is 5.36. The number of carbonyl (C=O) groups excluding carboxylic acids is 1. The van der Waals surface area contributed by atoms with Crippen LogP contribution in [0.1, 0.15) is 26.8 Å². The summed E-state index contributed by atoms with van der Waals surface area (Å²) < 4.78 is 1.58. The van der Waals surface area contributed by atoms with E-state index >= 15 is 0 Å². The van der Waals surface area contributed by atoms with E-state index < -0.39 is 6.04 Å². The second-order valence-corrected chi connectivity index (χ2v) is 5.34. The maximum absolute atomic E-state index is 11.9. The minimum Gasteiger partial charge on any atom is -0.352 e. The molecule has 0 saturated heterocycles. The summed E-state index contributed by atoms with van der Waals surface area (Å²) in [7, 11) is 0. The molecular formula is C10H13ClIN3O2. The van der Waals surface area contributed by atoms with E-state index in [1.54, 1.807) is 6.92 Å². The molecule has 1 atom stereocenters. The summed E-state index contributed by atoms with van der Waals surface area (Å²) in [4.78, 5) is 27.5. The zero-order valence-electron chi connectivity index (χ0n) is 9.70. The molecule has 1 amide bonds. The van der Waals surface area contributed by atoms with Crippen LogP contribution in [-0.2, 0) is 4.79 Å². The maximum atomic E-state index is 11.9. The van der Waals surface area contributed by atoms with Crippen LogP contribution in [-0.4, -0.2) is 21.5 Å². The molecule has 7 heteroatoms. The first-order chi connectivity index (χ1) is 7.84. The number of nitrogens with zero attached hydrogens (tertiary/aromatic N) is 2. The highest BCUT2D eigenvalue weighted by atomic mass is 127. The lowest BCUT2D eigenvalue weighted by atomic mass is 10.3. The quantitative estimate of drug-likeness (QED) is 0.650. The molecular weight excluding hydrogens is 356 g/mol. The molecule has 1 heterocycles. The molecule has 5 nitrogen and oxygen atoms in total. The van der Waals surface area contributed by atoms with Gasteiger partial charge in [-0.1, -0.05) is 11.6 Å². The van der Waals surface area contributed by atoms with Crippen LogP contribution in [0.4, 0.5) is 0 Å². The summed E-state index contributed by atoms with van der Waals surface area (Å²) in [5.74, 6) is -0.220. The molecule has 1 rings (SSSR count). The highest BCUT2D eigenvalue weighted by Gasteiger charge is 2.18. The third kappa shape index (κ3) is 3.41. The molecule has 0 aromatic carbocycles. The van der Waals surface area contributed by atoms with Gasteiger partial charge in [0.1, 0.15) is 14.8 Å². The van der Waals surface area contributed by atoms with Crippen LogP contribution in [0.5, 0.6) is 0 Å². The van der Waals surface area contributed by atoms with Gasteiger partial charge in [-0.15, -0.1) is 0 Å². The predicted octanol–water partition coefficient (Wildman–Crippen LogP) is 1.59. The second-order valence-electron chi connectivity index (χ2n) is 3.90. The lowest BCUT2D eigenvalue weighted by Gasteiger charge is -2.16. The van der Waals surface area contributed by atoms with Gasteiger partial charge < -0.3 is 5.32 Å². The van der Waals surface area contributed by atoms with E-state index in [-0.39, 0.29) is 22.7 Å². The largest absolute Gasteiger partial charge is 0.352 e. The van der Waals surface area contributed by atoms with E-state index in [1.165, 1.54) is 10.9 Å². The van der Waals surface area contributed by atoms with Gasteiger partial charge >= 0.3 is 0 Å². The number of amides is 1. The minimum atomic E-state index is -0.608. The van der Waals surface area contributed by atoms with Crippen molar-refractivity contribution in [2.45, 2.75) is 32.9 Å². The molecule has 0 aliphatic carbocycles. The van der Waals surface area contributed by atoms with E-state index in [0.717, 1.165) is 0 Å². The molecule has 17 heavy (non-hydrogen) atoms. The zero-order chi connectivity index (χ0) is 13.2. The van der Waals surface area contributed by atoms with E-state index in [4.69, 9.17) is 11.6 Å². The van der Waals surface area contributed by atoms with Crippen molar-refractivity contribution in [2.75, 3.05) is 0 Å². The van der Waals surface area contributed by atoms with Gasteiger partial charge in [-0.25, -0.2) is 4.98 Å². The number of aromatic nitrogens is 2. The van der Waals surface area contributed by atoms with Crippen LogP contribution < -0.4 is 10.9 Å². The van der Waals surface area contributed by atoms with Gasteiger partial charge in [-0.3, -0.25) is 14.2 Å². The summed E-state index contributed by atoms with van der Waals surface area (Å²) in [6, 6.07) is -0.580. The fourth-order valence-electron chi connectivity index (χ4n) is 1.23. The number of rotatable bonds is 3. The van der Waals surface area contributed by atoms with Gasteiger partial charge in [0, 0.05) is 6.04 Å². The Morgan fingerprint density at radius 3 is 2.65 bits per heavy atom. The first-order valence-electron chi connectivity index (χ1n) is 5.07. The van der Waals surface area contributed by atoms with Gasteiger partial charge in [0.15, 0.2) is 0 Å². The monoisotopic (exact) mass is 369 g/mol. The van der Waals surface area contributed by atoms with E-state index in [2.05, 4.69) is 10.3 Å². The van der Waals surface area contributed by atoms with Crippen LogP contribution in [0.15, 0.2) is 11.1 Å². The van der Waals surface area contributed by atoms with Crippen molar-refractivity contribution < 1.29 is 4.79 Å². The van der Waals surface area contributed by atoms with E-state index in [9.17, 15) is 9.59 Å². The molecule has 0 bridgehead atoms. The van der Waals surface area contributed by atoms with Crippen LogP contribution >= 0.6 is 34.2 Å². The third-order valence-corrected chi connectivity index (χ3v) is 3.70. The number of hydrogen-bond donors (Lipinski definition) is 1. The normalized spacial score (nSPS) is 12.6. The molecule has 0 radical (unpaired) electrons. The first-order valence-corrected chi connectivity index (χ1v) is 6.52. The maximum Gasteiger partial charge on any atom is 0.269 e. The predicted molar refractivity (Wildman–Crippen MR) is 74.2 cm³/mol. The number of nitrogens with one attached hydrogen (secondary N) is 1. The average Bonchev–Trinajstić information content (AvgIpc) is 2.24. The fourth-order valence-corrected chi connectivity index (χ4v) is 1.77. The topological polar surface area (TPSA) is 64.0 Å². The van der Waals surface area contributed by atoms with Crippen molar-refractivity contribution in [3.8, 4) is 0 Å². The van der Waals surface area contributed by atoms with Crippen LogP contribution in [0.25, 0.3) is 0 Å². The molecule has 1 aromatic rings. The number of halogens is 2. The third-order valence-electron chi connectivity index (χ3n) is 2.13. The van der Waals surface area contributed by atoms with Crippen LogP contribution in [0.3, 0.4) is 0 Å². The Morgan fingerprint density at radius 1 is 1.53 bits per heavy atom. The highest BCUT2D eigenvalue weighted by Crippen LogP contribution is 2.11. The molecule has 0 aliphatic heterocycles. The summed E-state index contributed by atoms with van der Waals surface area (Å²) >= 11 is 7.54. The van der Waals surface area contributed by atoms with Gasteiger partial charge in [-0.05, 0) is 43.4 Å². The number of carbonyl (C=O) groups is 1. The summed E-state index contributed by atoms with van der Waals surface area (Å²) in [5, 5.41) is 2.90. The van der Waals surface area contributed by atoms with Gasteiger partial charge in [0.05, 0.1) is 6.33 Å². The lowest BCUT2D eigenvalue weighted by molar-refractivity contribution is -0.124. The van der Waals surface area contributed by atoms with Crippen molar-refractivity contribution >= 4 is 40.1 Å². The highest BCUT2D eigenvalue weighted by molar-refractivity contribution is 14.1. The van der Waals surface area contributed by atoms with Crippen molar-refractivity contribution in [1.29, 1.82) is 0 Å². The molecule has 0 fully saturated rings. The average molecular weight is 370 g/mol. The van der Waals surface area contributed by atoms with E-state index in [1.807, 2.05) is 36.4 Å². The molecule has 1 unspecified atom stereocenters. The Kier molecular flexibility index (Phi) is 4.93. The fraction of sp³-hybridized carbons (Fsp3) is 0.500. The number of hydrogen-bond acceptors (Lipinski definition) is 3. The van der Waals surface area contributed by atoms with Gasteiger partial charge in [-0.2, -0.15) is 0 Å². The molecule has 1 N–H and O–H groups in total. The molecule has 0 spiro atoms. The summed E-state index contributed by atoms with van der Waals surface area (Å²) in [6.07, 6.45) is 1.29. The Labute approximate surface area is 118 Å². The van der Waals surface area contributed by atoms with Crippen LogP contribution in [0.2, 0.25) is 5.15 Å². The van der Waals surface area contributed by atoms with E-state index in [0.29, 0.717) is 3.57 Å². The SMILES string of the molecule is CC(C)NC(=O)C(C)n1cnc(Cl)c(I)c1=O. The Morgan fingerprint density at radius 2 is 2.12 bits per heavy atom. The molecule has 0 saturated carbocycles. The Bertz CT molecular complexity index is 487. The molecule has 94 valence electrons. The van der Waals surface area contributed by atoms with Crippen molar-refractivity contribution in [3.05, 3.63) is 25.4 Å². The van der Waals surface area contributed by atoms with Crippen molar-refractivity contribution in [2.24, 2.45) is 0 Å². The zero-order valence-corrected chi connectivity index (χ0v) is 12.6. The molecule has 0 aliphatic rings. The van der Waals surface area contributed by atoms with Crippen LogP contribution in [0, 0.1) is 3.57 Å². The lowest BCUT2D eigenvalue weighted by Crippen LogP contribution is -2.39. The van der Waals surface area contributed by atoms with Gasteiger partial charge in [0.2, 0.25) is 5.91 Å². The smallest absolute Gasteiger partial charge is 0.269 e. The standard InChI is InChI=1S/C10H13ClIN3O2/c1-5(2)14-9(16)6(3)15-4-13-8(11)7(12)10(15)17/h4-6H,1-3H3,(H,14,16). The second kappa shape index (κ2) is 5.81. The molecule has 1 aromatic heterocycles. The van der Waals surface area contributed by atoms with Crippen molar-refractivity contribution in [1.82, 2.24) is 14.9 Å². The first kappa shape index (κ1) is 14.4. The minimum absolute atomic E-state index is 0.0278. The Balaban J connectivity index is 3.05. The van der Waals surface area contributed by atoms with Gasteiger partial charge in [0.25, 0.3) is 5.56 Å². The van der Waals surface area contributed by atoms with Crippen molar-refractivity contribution in [3.63, 3.8) is 0 Å². The summed E-state index contributed by atoms with van der Waals surface area (Å²) in [5.41, 5.74) is -0.308.